The molecule has 35 heavy (non-hydrogen) atoms. The summed E-state index contributed by atoms with van der Waals surface area (Å²) in [5.74, 6) is 0.0605. The summed E-state index contributed by atoms with van der Waals surface area (Å²) in [5.41, 5.74) is 1.28. The highest BCUT2D eigenvalue weighted by molar-refractivity contribution is 7.89. The lowest BCUT2D eigenvalue weighted by atomic mass is 9.60. The molecular weight excluding hydrogens is 470 g/mol. The van der Waals surface area contributed by atoms with Crippen molar-refractivity contribution in [2.75, 3.05) is 40.6 Å². The summed E-state index contributed by atoms with van der Waals surface area (Å²) in [7, 11) is -0.669. The summed E-state index contributed by atoms with van der Waals surface area (Å²) in [6.07, 6.45) is 1.62. The Kier molecular flexibility index (Phi) is 6.34. The van der Waals surface area contributed by atoms with E-state index in [1.165, 1.54) is 0 Å². The summed E-state index contributed by atoms with van der Waals surface area (Å²) in [6, 6.07) is 12.2. The number of aryl methyl sites for hydroxylation is 1. The van der Waals surface area contributed by atoms with Crippen LogP contribution in [0.2, 0.25) is 0 Å². The third kappa shape index (κ3) is 3.84. The van der Waals surface area contributed by atoms with Crippen molar-refractivity contribution in [3.63, 3.8) is 0 Å². The van der Waals surface area contributed by atoms with Gasteiger partial charge in [-0.2, -0.15) is 4.31 Å². The first-order valence-electron chi connectivity index (χ1n) is 12.0. The molecule has 0 amide bonds. The molecule has 0 unspecified atom stereocenters. The molecule has 5 rings (SSSR count). The van der Waals surface area contributed by atoms with E-state index >= 15 is 0 Å². The molecule has 190 valence electrons. The van der Waals surface area contributed by atoms with Crippen LogP contribution in [0, 0.1) is 12.8 Å². The fourth-order valence-electron chi connectivity index (χ4n) is 6.27. The number of fused-ring (bicyclic) bond motifs is 1. The third-order valence-electron chi connectivity index (χ3n) is 8.08. The first-order valence-corrected chi connectivity index (χ1v) is 13.4. The second kappa shape index (κ2) is 9.05. The first-order chi connectivity index (χ1) is 16.8. The van der Waals surface area contributed by atoms with Crippen LogP contribution in [0.5, 0.6) is 11.5 Å². The van der Waals surface area contributed by atoms with Crippen LogP contribution in [0.4, 0.5) is 0 Å². The normalized spacial score (nSPS) is 28.2. The van der Waals surface area contributed by atoms with E-state index in [9.17, 15) is 13.5 Å². The van der Waals surface area contributed by atoms with Crippen LogP contribution < -0.4 is 9.47 Å². The van der Waals surface area contributed by atoms with E-state index in [4.69, 9.17) is 18.9 Å². The molecule has 1 aliphatic carbocycles. The zero-order valence-electron chi connectivity index (χ0n) is 20.4. The van der Waals surface area contributed by atoms with Gasteiger partial charge in [0.05, 0.1) is 32.3 Å². The van der Waals surface area contributed by atoms with Crippen molar-refractivity contribution in [2.24, 2.45) is 5.92 Å². The van der Waals surface area contributed by atoms with Crippen LogP contribution in [-0.4, -0.2) is 70.2 Å². The quantitative estimate of drug-likeness (QED) is 0.648. The topological polar surface area (TPSA) is 94.5 Å². The maximum atomic E-state index is 14.0. The average molecular weight is 504 g/mol. The molecule has 9 heteroatoms. The largest absolute Gasteiger partial charge is 0.493 e. The molecule has 1 N–H and O–H groups in total. The number of hydrogen-bond donors (Lipinski definition) is 1. The van der Waals surface area contributed by atoms with Crippen molar-refractivity contribution in [2.45, 2.75) is 48.3 Å². The van der Waals surface area contributed by atoms with Crippen molar-refractivity contribution >= 4 is 10.0 Å². The molecule has 2 aromatic rings. The van der Waals surface area contributed by atoms with E-state index in [-0.39, 0.29) is 24.0 Å². The minimum absolute atomic E-state index is 0.139. The molecule has 3 fully saturated rings. The van der Waals surface area contributed by atoms with Crippen LogP contribution in [0.3, 0.4) is 0 Å². The Morgan fingerprint density at radius 1 is 1.03 bits per heavy atom. The zero-order chi connectivity index (χ0) is 24.8. The van der Waals surface area contributed by atoms with Crippen LogP contribution in [0.25, 0.3) is 0 Å². The first kappa shape index (κ1) is 24.5. The molecule has 0 bridgehead atoms. The number of hydrogen-bond acceptors (Lipinski definition) is 7. The van der Waals surface area contributed by atoms with E-state index in [0.717, 1.165) is 11.1 Å². The van der Waals surface area contributed by atoms with E-state index in [1.807, 2.05) is 25.1 Å². The minimum Gasteiger partial charge on any atom is -0.493 e. The molecule has 0 radical (unpaired) electrons. The molecule has 1 saturated carbocycles. The summed E-state index contributed by atoms with van der Waals surface area (Å²) in [5, 5.41) is 10.6. The van der Waals surface area contributed by atoms with Gasteiger partial charge in [0.15, 0.2) is 17.3 Å². The van der Waals surface area contributed by atoms with Crippen LogP contribution in [0.1, 0.15) is 30.4 Å². The van der Waals surface area contributed by atoms with Crippen molar-refractivity contribution in [1.29, 1.82) is 0 Å². The molecule has 8 nitrogen and oxygen atoms in total. The fourth-order valence-corrected chi connectivity index (χ4v) is 8.00. The minimum atomic E-state index is -3.83. The number of nitrogens with zero attached hydrogens (tertiary/aromatic N) is 1. The van der Waals surface area contributed by atoms with Crippen molar-refractivity contribution < 1.29 is 32.5 Å². The summed E-state index contributed by atoms with van der Waals surface area (Å²) in [6.45, 7) is 2.98. The highest BCUT2D eigenvalue weighted by Crippen LogP contribution is 2.57. The number of ether oxygens (including phenoxy) is 4. The highest BCUT2D eigenvalue weighted by atomic mass is 32.2. The van der Waals surface area contributed by atoms with E-state index in [2.05, 4.69) is 0 Å². The molecule has 0 aromatic heterocycles. The van der Waals surface area contributed by atoms with Crippen LogP contribution >= 0.6 is 0 Å². The molecule has 3 aliphatic rings. The van der Waals surface area contributed by atoms with Gasteiger partial charge in [-0.1, -0.05) is 23.8 Å². The van der Waals surface area contributed by atoms with Gasteiger partial charge in [-0.3, -0.25) is 0 Å². The Labute approximate surface area is 206 Å². The van der Waals surface area contributed by atoms with Crippen molar-refractivity contribution in [3.8, 4) is 11.5 Å². The fraction of sp³-hybridized carbons (Fsp3) is 0.538. The maximum absolute atomic E-state index is 14.0. The molecule has 2 heterocycles. The van der Waals surface area contributed by atoms with Crippen molar-refractivity contribution in [1.82, 2.24) is 4.31 Å². The Hall–Kier alpha value is -2.17. The lowest BCUT2D eigenvalue weighted by molar-refractivity contribution is -0.194. The Bertz CT molecular complexity index is 1180. The third-order valence-corrected chi connectivity index (χ3v) is 9.97. The molecule has 3 atom stereocenters. The average Bonchev–Trinajstić information content (AvgIpc) is 3.47. The van der Waals surface area contributed by atoms with Gasteiger partial charge in [0.1, 0.15) is 0 Å². The van der Waals surface area contributed by atoms with Gasteiger partial charge in [0.2, 0.25) is 10.0 Å². The summed E-state index contributed by atoms with van der Waals surface area (Å²) in [4.78, 5) is 0.246. The lowest BCUT2D eigenvalue weighted by Gasteiger charge is -2.49. The van der Waals surface area contributed by atoms with Gasteiger partial charge in [0, 0.05) is 43.4 Å². The van der Waals surface area contributed by atoms with Crippen molar-refractivity contribution in [3.05, 3.63) is 53.6 Å². The smallest absolute Gasteiger partial charge is 0.243 e. The lowest BCUT2D eigenvalue weighted by Crippen LogP contribution is -2.56. The summed E-state index contributed by atoms with van der Waals surface area (Å²) >= 11 is 0. The Morgan fingerprint density at radius 3 is 2.34 bits per heavy atom. The molecule has 2 saturated heterocycles. The highest BCUT2D eigenvalue weighted by Gasteiger charge is 2.63. The molecular formula is C26H33NO7S. The number of sulfonamides is 1. The standard InChI is InChI=1S/C26H33NO7S/c1-18-4-7-21(8-5-18)35(29,30)27-16-20(17-28)26(19-6-9-22(31-2)23(14-19)32-3)11-10-25(15-24(26)27)33-12-13-34-25/h4-9,14,20,24,28H,10-13,15-17H2,1-3H3/t20-,24+,26-/m1/s1. The predicted molar refractivity (Wildman–Crippen MR) is 129 cm³/mol. The van der Waals surface area contributed by atoms with Gasteiger partial charge < -0.3 is 24.1 Å². The predicted octanol–water partition coefficient (Wildman–Crippen LogP) is 2.86. The second-order valence-corrected chi connectivity index (χ2v) is 11.6. The molecule has 2 aliphatic heterocycles. The van der Waals surface area contributed by atoms with E-state index < -0.39 is 27.3 Å². The van der Waals surface area contributed by atoms with Crippen LogP contribution in [-0.2, 0) is 24.9 Å². The second-order valence-electron chi connectivity index (χ2n) is 9.70. The Morgan fingerprint density at radius 2 is 1.71 bits per heavy atom. The van der Waals surface area contributed by atoms with Gasteiger partial charge in [0.25, 0.3) is 0 Å². The van der Waals surface area contributed by atoms with E-state index in [0.29, 0.717) is 44.0 Å². The maximum Gasteiger partial charge on any atom is 0.243 e. The summed E-state index contributed by atoms with van der Waals surface area (Å²) < 4.78 is 52.7. The van der Waals surface area contributed by atoms with Gasteiger partial charge in [-0.15, -0.1) is 0 Å². The zero-order valence-corrected chi connectivity index (χ0v) is 21.2. The number of rotatable bonds is 6. The number of aliphatic hydroxyl groups excluding tert-OH is 1. The number of methoxy groups -OCH3 is 2. The molecule has 2 aromatic carbocycles. The van der Waals surface area contributed by atoms with Crippen LogP contribution in [0.15, 0.2) is 47.4 Å². The van der Waals surface area contributed by atoms with Gasteiger partial charge >= 0.3 is 0 Å². The Balaban J connectivity index is 1.65. The van der Waals surface area contributed by atoms with Gasteiger partial charge in [-0.25, -0.2) is 8.42 Å². The van der Waals surface area contributed by atoms with E-state index in [1.54, 1.807) is 42.8 Å². The van der Waals surface area contributed by atoms with Gasteiger partial charge in [-0.05, 0) is 43.2 Å². The SMILES string of the molecule is COc1ccc([C@@]23CCC4(C[C@@H]2N(S(=O)(=O)c2ccc(C)cc2)C[C@@H]3CO)OCCO4)cc1OC. The molecule has 1 spiro atoms. The monoisotopic (exact) mass is 503 g/mol. The number of benzene rings is 2. The number of aliphatic hydroxyl groups is 1.